The number of hydrogen-bond acceptors (Lipinski definition) is 4. The molecule has 2 heterocycles. The highest BCUT2D eigenvalue weighted by atomic mass is 15.3. The Hall–Kier alpha value is -2.56. The Morgan fingerprint density at radius 2 is 2.00 bits per heavy atom. The van der Waals surface area contributed by atoms with Crippen LogP contribution in [0, 0.1) is 0 Å². The van der Waals surface area contributed by atoms with Crippen molar-refractivity contribution in [2.75, 3.05) is 24.3 Å². The summed E-state index contributed by atoms with van der Waals surface area (Å²) in [7, 11) is 6.02. The van der Waals surface area contributed by atoms with Gasteiger partial charge in [-0.3, -0.25) is 4.98 Å². The summed E-state index contributed by atoms with van der Waals surface area (Å²) in [6.45, 7) is 0.728. The van der Waals surface area contributed by atoms with Crippen LogP contribution in [0.25, 0.3) is 10.9 Å². The molecule has 0 bridgehead atoms. The summed E-state index contributed by atoms with van der Waals surface area (Å²) in [6.07, 6.45) is 3.72. The van der Waals surface area contributed by atoms with E-state index >= 15 is 0 Å². The van der Waals surface area contributed by atoms with E-state index < -0.39 is 0 Å². The van der Waals surface area contributed by atoms with E-state index in [0.29, 0.717) is 0 Å². The lowest BCUT2D eigenvalue weighted by Crippen LogP contribution is -2.15. The lowest BCUT2D eigenvalue weighted by Gasteiger charge is -2.13. The fourth-order valence-corrected chi connectivity index (χ4v) is 2.46. The molecular formula is C16H19N5. The lowest BCUT2D eigenvalue weighted by molar-refractivity contribution is 0.814. The molecule has 0 aliphatic rings. The second-order valence-electron chi connectivity index (χ2n) is 5.23. The molecule has 108 valence electrons. The SMILES string of the molecule is CN(C)c1ncc(CNc2cccc3ncccc23)n1C. The number of aromatic nitrogens is 3. The normalized spacial score (nSPS) is 10.8. The molecule has 5 heteroatoms. The summed E-state index contributed by atoms with van der Waals surface area (Å²) in [4.78, 5) is 10.8. The first-order chi connectivity index (χ1) is 10.2. The maximum absolute atomic E-state index is 4.43. The topological polar surface area (TPSA) is 46.0 Å². The zero-order chi connectivity index (χ0) is 14.8. The van der Waals surface area contributed by atoms with E-state index in [-0.39, 0.29) is 0 Å². The van der Waals surface area contributed by atoms with Crippen LogP contribution in [0.3, 0.4) is 0 Å². The first-order valence-electron chi connectivity index (χ1n) is 6.92. The van der Waals surface area contributed by atoms with Gasteiger partial charge in [0.05, 0.1) is 24.0 Å². The summed E-state index contributed by atoms with van der Waals surface area (Å²) in [5, 5.41) is 4.61. The average Bonchev–Trinajstić information content (AvgIpc) is 2.86. The fourth-order valence-electron chi connectivity index (χ4n) is 2.46. The van der Waals surface area contributed by atoms with Crippen molar-refractivity contribution in [2.45, 2.75) is 6.54 Å². The van der Waals surface area contributed by atoms with E-state index in [4.69, 9.17) is 0 Å². The van der Waals surface area contributed by atoms with Crippen molar-refractivity contribution in [3.8, 4) is 0 Å². The molecule has 5 nitrogen and oxygen atoms in total. The molecule has 0 unspecified atom stereocenters. The van der Waals surface area contributed by atoms with Gasteiger partial charge in [0.1, 0.15) is 0 Å². The molecule has 0 fully saturated rings. The van der Waals surface area contributed by atoms with Crippen LogP contribution in [0.15, 0.2) is 42.7 Å². The van der Waals surface area contributed by atoms with E-state index in [0.717, 1.165) is 34.8 Å². The number of rotatable bonds is 4. The Balaban J connectivity index is 1.84. The van der Waals surface area contributed by atoms with Crippen molar-refractivity contribution in [3.05, 3.63) is 48.4 Å². The number of nitrogens with one attached hydrogen (secondary N) is 1. The van der Waals surface area contributed by atoms with Crippen molar-refractivity contribution in [1.82, 2.24) is 14.5 Å². The smallest absolute Gasteiger partial charge is 0.204 e. The molecule has 0 aliphatic heterocycles. The third-order valence-electron chi connectivity index (χ3n) is 3.57. The first kappa shape index (κ1) is 13.4. The van der Waals surface area contributed by atoms with Gasteiger partial charge in [0, 0.05) is 38.4 Å². The van der Waals surface area contributed by atoms with Crippen molar-refractivity contribution in [3.63, 3.8) is 0 Å². The number of nitrogens with zero attached hydrogens (tertiary/aromatic N) is 4. The average molecular weight is 281 g/mol. The highest BCUT2D eigenvalue weighted by molar-refractivity contribution is 5.91. The van der Waals surface area contributed by atoms with E-state index in [9.17, 15) is 0 Å². The molecule has 21 heavy (non-hydrogen) atoms. The summed E-state index contributed by atoms with van der Waals surface area (Å²) >= 11 is 0. The van der Waals surface area contributed by atoms with E-state index in [1.54, 1.807) is 0 Å². The van der Waals surface area contributed by atoms with E-state index in [2.05, 4.69) is 32.0 Å². The maximum atomic E-state index is 4.43. The highest BCUT2D eigenvalue weighted by Crippen LogP contribution is 2.22. The zero-order valence-electron chi connectivity index (χ0n) is 12.5. The summed E-state index contributed by atoms with van der Waals surface area (Å²) in [5.74, 6) is 0.950. The predicted octanol–water partition coefficient (Wildman–Crippen LogP) is 2.65. The molecule has 0 radical (unpaired) electrons. The van der Waals surface area contributed by atoms with Crippen LogP contribution in [0.1, 0.15) is 5.69 Å². The molecule has 0 atom stereocenters. The van der Waals surface area contributed by atoms with Crippen LogP contribution in [0.5, 0.6) is 0 Å². The second-order valence-corrected chi connectivity index (χ2v) is 5.23. The molecule has 1 aromatic carbocycles. The standard InChI is InChI=1S/C16H19N5/c1-20(2)16-19-11-12(21(16)3)10-18-15-8-4-7-14-13(15)6-5-9-17-14/h4-9,11,18H,10H2,1-3H3. The summed E-state index contributed by atoms with van der Waals surface area (Å²) < 4.78 is 2.09. The van der Waals surface area contributed by atoms with Gasteiger partial charge in [-0.05, 0) is 24.3 Å². The highest BCUT2D eigenvalue weighted by Gasteiger charge is 2.08. The van der Waals surface area contributed by atoms with Crippen LogP contribution in [0.2, 0.25) is 0 Å². The number of imidazole rings is 1. The largest absolute Gasteiger partial charge is 0.379 e. The van der Waals surface area contributed by atoms with E-state index in [1.165, 1.54) is 0 Å². The molecule has 0 aliphatic carbocycles. The molecule has 1 N–H and O–H groups in total. The Bertz CT molecular complexity index is 755. The van der Waals surface area contributed by atoms with Crippen LogP contribution in [-0.2, 0) is 13.6 Å². The molecule has 0 saturated carbocycles. The van der Waals surface area contributed by atoms with Gasteiger partial charge < -0.3 is 14.8 Å². The lowest BCUT2D eigenvalue weighted by atomic mass is 10.2. The molecular weight excluding hydrogens is 262 g/mol. The maximum Gasteiger partial charge on any atom is 0.204 e. The molecule has 2 aromatic heterocycles. The minimum Gasteiger partial charge on any atom is -0.379 e. The Labute approximate surface area is 124 Å². The van der Waals surface area contributed by atoms with Crippen LogP contribution >= 0.6 is 0 Å². The van der Waals surface area contributed by atoms with Crippen LogP contribution in [0.4, 0.5) is 11.6 Å². The quantitative estimate of drug-likeness (QED) is 0.798. The van der Waals surface area contributed by atoms with Gasteiger partial charge in [-0.15, -0.1) is 0 Å². The number of fused-ring (bicyclic) bond motifs is 1. The predicted molar refractivity (Wildman–Crippen MR) is 86.6 cm³/mol. The van der Waals surface area contributed by atoms with Crippen molar-refractivity contribution < 1.29 is 0 Å². The van der Waals surface area contributed by atoms with Crippen molar-refractivity contribution in [1.29, 1.82) is 0 Å². The third kappa shape index (κ3) is 2.54. The zero-order valence-corrected chi connectivity index (χ0v) is 12.5. The second kappa shape index (κ2) is 5.44. The number of hydrogen-bond donors (Lipinski definition) is 1. The van der Waals surface area contributed by atoms with Gasteiger partial charge in [-0.25, -0.2) is 4.98 Å². The van der Waals surface area contributed by atoms with E-state index in [1.807, 2.05) is 56.6 Å². The van der Waals surface area contributed by atoms with Crippen molar-refractivity contribution in [2.24, 2.45) is 7.05 Å². The van der Waals surface area contributed by atoms with Crippen LogP contribution < -0.4 is 10.2 Å². The molecule has 0 spiro atoms. The van der Waals surface area contributed by atoms with Gasteiger partial charge in [0.2, 0.25) is 5.95 Å². The number of pyridine rings is 1. The summed E-state index contributed by atoms with van der Waals surface area (Å²) in [6, 6.07) is 10.2. The minimum atomic E-state index is 0.728. The molecule has 0 amide bonds. The number of benzene rings is 1. The van der Waals surface area contributed by atoms with Gasteiger partial charge in [-0.1, -0.05) is 6.07 Å². The summed E-state index contributed by atoms with van der Waals surface area (Å²) in [5.41, 5.74) is 3.23. The minimum absolute atomic E-state index is 0.728. The van der Waals surface area contributed by atoms with Crippen LogP contribution in [-0.4, -0.2) is 28.6 Å². The Morgan fingerprint density at radius 3 is 2.76 bits per heavy atom. The molecule has 3 rings (SSSR count). The first-order valence-corrected chi connectivity index (χ1v) is 6.92. The third-order valence-corrected chi connectivity index (χ3v) is 3.57. The molecule has 0 saturated heterocycles. The van der Waals surface area contributed by atoms with Gasteiger partial charge in [0.15, 0.2) is 0 Å². The van der Waals surface area contributed by atoms with Gasteiger partial charge in [0.25, 0.3) is 0 Å². The van der Waals surface area contributed by atoms with Crippen molar-refractivity contribution >= 4 is 22.5 Å². The Kier molecular flexibility index (Phi) is 3.48. The monoisotopic (exact) mass is 281 g/mol. The van der Waals surface area contributed by atoms with Gasteiger partial charge in [-0.2, -0.15) is 0 Å². The molecule has 3 aromatic rings. The fraction of sp³-hybridized carbons (Fsp3) is 0.250. The Morgan fingerprint density at radius 1 is 1.14 bits per heavy atom. The van der Waals surface area contributed by atoms with Gasteiger partial charge >= 0.3 is 0 Å². The number of anilines is 2.